The van der Waals surface area contributed by atoms with Crippen LogP contribution in [0.25, 0.3) is 10.8 Å². The second-order valence-electron chi connectivity index (χ2n) is 3.51. The first kappa shape index (κ1) is 11.1. The number of aryl methyl sites for hydroxylation is 1. The average molecular weight is 278 g/mol. The Hall–Kier alpha value is -1.40. The molecule has 0 atom stereocenters. The van der Waals surface area contributed by atoms with Gasteiger partial charge in [0.05, 0.1) is 11.6 Å². The van der Waals surface area contributed by atoms with Crippen LogP contribution < -0.4 is 0 Å². The van der Waals surface area contributed by atoms with Crippen molar-refractivity contribution in [3.05, 3.63) is 47.3 Å². The Morgan fingerprint density at radius 2 is 2.00 bits per heavy atom. The fourth-order valence-corrected chi connectivity index (χ4v) is 2.23. The van der Waals surface area contributed by atoms with Crippen LogP contribution in [0.1, 0.15) is 11.1 Å². The number of fused-ring (bicyclic) bond motifs is 1. The van der Waals surface area contributed by atoms with E-state index in [9.17, 15) is 4.39 Å². The molecule has 0 amide bonds. The lowest BCUT2D eigenvalue weighted by molar-refractivity contribution is 0.629. The lowest BCUT2D eigenvalue weighted by Gasteiger charge is -2.06. The van der Waals surface area contributed by atoms with Crippen LogP contribution in [-0.2, 0) is 6.42 Å². The molecule has 0 bridgehead atoms. The monoisotopic (exact) mass is 277 g/mol. The fourth-order valence-electron chi connectivity index (χ4n) is 1.80. The second-order valence-corrected chi connectivity index (χ2v) is 4.31. The highest BCUT2D eigenvalue weighted by molar-refractivity contribution is 9.09. The molecule has 0 unspecified atom stereocenters. The molecule has 3 heteroatoms. The van der Waals surface area contributed by atoms with E-state index in [0.717, 1.165) is 22.7 Å². The summed E-state index contributed by atoms with van der Waals surface area (Å²) < 4.78 is 13.2. The Balaban J connectivity index is 2.76. The van der Waals surface area contributed by atoms with Crippen molar-refractivity contribution in [2.45, 2.75) is 6.42 Å². The van der Waals surface area contributed by atoms with Gasteiger partial charge in [-0.15, -0.1) is 0 Å². The van der Waals surface area contributed by atoms with Crippen LogP contribution in [-0.4, -0.2) is 5.33 Å². The largest absolute Gasteiger partial charge is 0.207 e. The zero-order valence-electron chi connectivity index (χ0n) is 8.50. The molecule has 2 aromatic carbocycles. The summed E-state index contributed by atoms with van der Waals surface area (Å²) in [6, 6.07) is 10.4. The molecule has 0 heterocycles. The Morgan fingerprint density at radius 1 is 1.19 bits per heavy atom. The van der Waals surface area contributed by atoms with Crippen molar-refractivity contribution in [3.63, 3.8) is 0 Å². The van der Waals surface area contributed by atoms with Crippen LogP contribution in [0.4, 0.5) is 4.39 Å². The van der Waals surface area contributed by atoms with E-state index < -0.39 is 0 Å². The number of benzene rings is 2. The molecule has 0 saturated carbocycles. The first-order valence-corrected chi connectivity index (χ1v) is 6.05. The number of hydrogen-bond donors (Lipinski definition) is 0. The van der Waals surface area contributed by atoms with Gasteiger partial charge >= 0.3 is 0 Å². The van der Waals surface area contributed by atoms with Gasteiger partial charge in [0.2, 0.25) is 0 Å². The molecule has 0 radical (unpaired) electrons. The van der Waals surface area contributed by atoms with Crippen LogP contribution in [0.15, 0.2) is 30.3 Å². The SMILES string of the molecule is N#Cc1ccc(CCBr)c2ccc(F)cc12. The van der Waals surface area contributed by atoms with Gasteiger partial charge < -0.3 is 0 Å². The molecule has 2 rings (SSSR count). The minimum Gasteiger partial charge on any atom is -0.207 e. The van der Waals surface area contributed by atoms with Crippen molar-refractivity contribution in [1.29, 1.82) is 5.26 Å². The normalized spacial score (nSPS) is 10.3. The zero-order valence-corrected chi connectivity index (χ0v) is 10.1. The second kappa shape index (κ2) is 4.63. The third-order valence-electron chi connectivity index (χ3n) is 2.55. The van der Waals surface area contributed by atoms with E-state index in [1.165, 1.54) is 12.1 Å². The first-order chi connectivity index (χ1) is 7.76. The third-order valence-corrected chi connectivity index (χ3v) is 2.95. The molecule has 0 saturated heterocycles. The smallest absolute Gasteiger partial charge is 0.123 e. The first-order valence-electron chi connectivity index (χ1n) is 4.93. The summed E-state index contributed by atoms with van der Waals surface area (Å²) in [6.07, 6.45) is 0.869. The van der Waals surface area contributed by atoms with Gasteiger partial charge in [0.15, 0.2) is 0 Å². The zero-order chi connectivity index (χ0) is 11.5. The molecule has 0 aliphatic heterocycles. The minimum atomic E-state index is -0.306. The molecule has 0 spiro atoms. The number of alkyl halides is 1. The predicted molar refractivity (Wildman–Crippen MR) is 66.1 cm³/mol. The maximum atomic E-state index is 13.2. The van der Waals surface area contributed by atoms with Crippen molar-refractivity contribution in [1.82, 2.24) is 0 Å². The van der Waals surface area contributed by atoms with Crippen LogP contribution in [0.2, 0.25) is 0 Å². The predicted octanol–water partition coefficient (Wildman–Crippen LogP) is 3.79. The number of nitriles is 1. The van der Waals surface area contributed by atoms with Gasteiger partial charge in [-0.05, 0) is 35.6 Å². The van der Waals surface area contributed by atoms with Gasteiger partial charge in [-0.1, -0.05) is 28.1 Å². The number of rotatable bonds is 2. The van der Waals surface area contributed by atoms with E-state index in [2.05, 4.69) is 22.0 Å². The Morgan fingerprint density at radius 3 is 2.69 bits per heavy atom. The lowest BCUT2D eigenvalue weighted by atomic mass is 9.99. The molecule has 0 aliphatic rings. The number of halogens is 2. The van der Waals surface area contributed by atoms with Gasteiger partial charge in [0, 0.05) is 10.7 Å². The highest BCUT2D eigenvalue weighted by Crippen LogP contribution is 2.24. The highest BCUT2D eigenvalue weighted by Gasteiger charge is 2.06. The molecule has 80 valence electrons. The van der Waals surface area contributed by atoms with Crippen molar-refractivity contribution >= 4 is 26.7 Å². The molecule has 0 fully saturated rings. The summed E-state index contributed by atoms with van der Waals surface area (Å²) in [4.78, 5) is 0. The van der Waals surface area contributed by atoms with Crippen molar-refractivity contribution in [2.75, 3.05) is 5.33 Å². The summed E-state index contributed by atoms with van der Waals surface area (Å²) in [5, 5.41) is 11.5. The van der Waals surface area contributed by atoms with E-state index in [-0.39, 0.29) is 5.82 Å². The van der Waals surface area contributed by atoms with Crippen LogP contribution in [0.5, 0.6) is 0 Å². The van der Waals surface area contributed by atoms with Gasteiger partial charge in [-0.2, -0.15) is 5.26 Å². The highest BCUT2D eigenvalue weighted by atomic mass is 79.9. The van der Waals surface area contributed by atoms with Gasteiger partial charge in [-0.3, -0.25) is 0 Å². The standard InChI is InChI=1S/C13H9BrFN/c14-6-5-9-1-2-10(8-16)13-7-11(15)3-4-12(9)13/h1-4,7H,5-6H2. The Labute approximate surface area is 102 Å². The summed E-state index contributed by atoms with van der Waals surface area (Å²) >= 11 is 3.38. The lowest BCUT2D eigenvalue weighted by Crippen LogP contribution is -1.91. The molecular weight excluding hydrogens is 269 g/mol. The van der Waals surface area contributed by atoms with E-state index in [0.29, 0.717) is 10.9 Å². The third kappa shape index (κ3) is 1.94. The van der Waals surface area contributed by atoms with Crippen LogP contribution >= 0.6 is 15.9 Å². The van der Waals surface area contributed by atoms with Crippen LogP contribution in [0, 0.1) is 17.1 Å². The fraction of sp³-hybridized carbons (Fsp3) is 0.154. The number of hydrogen-bond acceptors (Lipinski definition) is 1. The van der Waals surface area contributed by atoms with Gasteiger partial charge in [0.25, 0.3) is 0 Å². The minimum absolute atomic E-state index is 0.306. The maximum absolute atomic E-state index is 13.2. The Bertz CT molecular complexity index is 572. The van der Waals surface area contributed by atoms with Crippen molar-refractivity contribution in [3.8, 4) is 6.07 Å². The summed E-state index contributed by atoms with van der Waals surface area (Å²) in [6.45, 7) is 0. The van der Waals surface area contributed by atoms with E-state index in [4.69, 9.17) is 5.26 Å². The molecule has 16 heavy (non-hydrogen) atoms. The molecule has 0 aliphatic carbocycles. The molecule has 0 aromatic heterocycles. The quantitative estimate of drug-likeness (QED) is 0.767. The van der Waals surface area contributed by atoms with E-state index in [1.54, 1.807) is 12.1 Å². The van der Waals surface area contributed by atoms with E-state index in [1.807, 2.05) is 6.07 Å². The Kier molecular flexibility index (Phi) is 3.21. The van der Waals surface area contributed by atoms with Gasteiger partial charge in [0.1, 0.15) is 5.82 Å². The van der Waals surface area contributed by atoms with Crippen molar-refractivity contribution < 1.29 is 4.39 Å². The van der Waals surface area contributed by atoms with Crippen molar-refractivity contribution in [2.24, 2.45) is 0 Å². The van der Waals surface area contributed by atoms with Gasteiger partial charge in [-0.25, -0.2) is 4.39 Å². The molecule has 1 nitrogen and oxygen atoms in total. The number of nitrogens with zero attached hydrogens (tertiary/aromatic N) is 1. The molecular formula is C13H9BrFN. The topological polar surface area (TPSA) is 23.8 Å². The molecule has 0 N–H and O–H groups in total. The molecule has 2 aromatic rings. The van der Waals surface area contributed by atoms with Crippen LogP contribution in [0.3, 0.4) is 0 Å². The summed E-state index contributed by atoms with van der Waals surface area (Å²) in [5.74, 6) is -0.306. The maximum Gasteiger partial charge on any atom is 0.123 e. The summed E-state index contributed by atoms with van der Waals surface area (Å²) in [7, 11) is 0. The average Bonchev–Trinajstić information content (AvgIpc) is 2.29. The van der Waals surface area contributed by atoms with E-state index >= 15 is 0 Å². The summed E-state index contributed by atoms with van der Waals surface area (Å²) in [5.41, 5.74) is 1.65.